The van der Waals surface area contributed by atoms with Crippen LogP contribution in [0.1, 0.15) is 20.8 Å². The van der Waals surface area contributed by atoms with Gasteiger partial charge in [0.2, 0.25) is 0 Å². The summed E-state index contributed by atoms with van der Waals surface area (Å²) in [5.74, 6) is 0. The molecule has 0 fully saturated rings. The minimum Gasteiger partial charge on any atom is -0.260 e. The Morgan fingerprint density at radius 2 is 1.85 bits per heavy atom. The Kier molecular flexibility index (Phi) is 7.41. The maximum Gasteiger partial charge on any atom is 0.0761 e. The van der Waals surface area contributed by atoms with E-state index in [2.05, 4.69) is 17.3 Å². The lowest BCUT2D eigenvalue weighted by molar-refractivity contribution is 1.38. The summed E-state index contributed by atoms with van der Waals surface area (Å²) in [5, 5.41) is 0. The summed E-state index contributed by atoms with van der Waals surface area (Å²) in [5.41, 5.74) is 1.06. The Morgan fingerprint density at radius 1 is 1.23 bits per heavy atom. The predicted octanol–water partition coefficient (Wildman–Crippen LogP) is 4.16. The second kappa shape index (κ2) is 7.87. The first-order valence-corrected chi connectivity index (χ1v) is 5.72. The molecule has 0 bridgehead atoms. The average Bonchev–Trinajstić information content (AvgIpc) is 2.22. The fraction of sp³-hybridized carbons (Fsp3) is 0.364. The van der Waals surface area contributed by atoms with Crippen LogP contribution in [0.2, 0.25) is 0 Å². The molecule has 0 saturated heterocycles. The zero-order chi connectivity index (χ0) is 10.1. The molecule has 2 heteroatoms. The topological polar surface area (TPSA) is 12.4 Å². The van der Waals surface area contributed by atoms with Gasteiger partial charge in [-0.25, -0.2) is 0 Å². The van der Waals surface area contributed by atoms with Gasteiger partial charge < -0.3 is 0 Å². The molecule has 0 N–H and O–H groups in total. The first-order chi connectivity index (χ1) is 6.38. The van der Waals surface area contributed by atoms with Crippen LogP contribution in [0.4, 0.5) is 5.69 Å². The van der Waals surface area contributed by atoms with E-state index >= 15 is 0 Å². The van der Waals surface area contributed by atoms with Gasteiger partial charge in [-0.2, -0.15) is 0 Å². The van der Waals surface area contributed by atoms with Crippen LogP contribution < -0.4 is 0 Å². The maximum absolute atomic E-state index is 4.23. The summed E-state index contributed by atoms with van der Waals surface area (Å²) in [6.07, 6.45) is 3.87. The summed E-state index contributed by atoms with van der Waals surface area (Å²) in [4.78, 5) is 5.46. The van der Waals surface area contributed by atoms with Gasteiger partial charge in [-0.05, 0) is 25.3 Å². The Balaban J connectivity index is 0.000000671. The third kappa shape index (κ3) is 4.13. The molecule has 0 radical (unpaired) electrons. The number of thioether (sulfide) groups is 1. The highest BCUT2D eigenvalue weighted by Crippen LogP contribution is 2.26. The number of aliphatic imine (C=N–C) groups is 1. The van der Waals surface area contributed by atoms with Crippen molar-refractivity contribution < 1.29 is 0 Å². The zero-order valence-electron chi connectivity index (χ0n) is 8.74. The zero-order valence-corrected chi connectivity index (χ0v) is 9.56. The molecule has 1 nitrogen and oxygen atoms in total. The van der Waals surface area contributed by atoms with Crippen LogP contribution >= 0.6 is 11.8 Å². The van der Waals surface area contributed by atoms with Crippen LogP contribution in [0.25, 0.3) is 0 Å². The quantitative estimate of drug-likeness (QED) is 0.510. The second-order valence-corrected chi connectivity index (χ2v) is 2.91. The molecule has 72 valence electrons. The second-order valence-electron chi connectivity index (χ2n) is 2.06. The largest absolute Gasteiger partial charge is 0.260 e. The normalized spacial score (nSPS) is 9.54. The molecule has 0 aliphatic carbocycles. The molecule has 1 aromatic carbocycles. The molecule has 13 heavy (non-hydrogen) atoms. The van der Waals surface area contributed by atoms with E-state index in [-0.39, 0.29) is 0 Å². The summed E-state index contributed by atoms with van der Waals surface area (Å²) >= 11 is 1.72. The van der Waals surface area contributed by atoms with E-state index in [1.165, 1.54) is 4.90 Å². The van der Waals surface area contributed by atoms with E-state index in [9.17, 15) is 0 Å². The van der Waals surface area contributed by atoms with Crippen molar-refractivity contribution in [2.45, 2.75) is 25.7 Å². The van der Waals surface area contributed by atoms with Crippen molar-refractivity contribution in [2.75, 3.05) is 6.26 Å². The smallest absolute Gasteiger partial charge is 0.0761 e. The summed E-state index contributed by atoms with van der Waals surface area (Å²) < 4.78 is 0. The summed E-state index contributed by atoms with van der Waals surface area (Å²) in [6, 6.07) is 8.13. The number of para-hydroxylation sites is 1. The van der Waals surface area contributed by atoms with Gasteiger partial charge in [0.15, 0.2) is 0 Å². The van der Waals surface area contributed by atoms with E-state index in [0.29, 0.717) is 0 Å². The standard InChI is InChI=1S/C9H11NS.C2H6/c1-3-10-8-6-4-5-7-9(8)11-2;1-2/h3-7H,1-2H3;1-2H3. The van der Waals surface area contributed by atoms with Gasteiger partial charge in [0.1, 0.15) is 0 Å². The van der Waals surface area contributed by atoms with Gasteiger partial charge in [-0.1, -0.05) is 26.0 Å². The van der Waals surface area contributed by atoms with Gasteiger partial charge in [0.05, 0.1) is 5.69 Å². The lowest BCUT2D eigenvalue weighted by Crippen LogP contribution is -1.71. The van der Waals surface area contributed by atoms with Crippen LogP contribution in [-0.4, -0.2) is 12.5 Å². The van der Waals surface area contributed by atoms with Crippen LogP contribution in [0, 0.1) is 0 Å². The monoisotopic (exact) mass is 195 g/mol. The molecular formula is C11H17NS. The number of nitrogens with zero attached hydrogens (tertiary/aromatic N) is 1. The van der Waals surface area contributed by atoms with Crippen molar-refractivity contribution in [2.24, 2.45) is 4.99 Å². The van der Waals surface area contributed by atoms with Crippen molar-refractivity contribution in [3.05, 3.63) is 24.3 Å². The molecule has 0 atom stereocenters. The molecular weight excluding hydrogens is 178 g/mol. The molecule has 0 heterocycles. The Bertz CT molecular complexity index is 256. The highest BCUT2D eigenvalue weighted by atomic mass is 32.2. The van der Waals surface area contributed by atoms with Gasteiger partial charge in [-0.15, -0.1) is 11.8 Å². The average molecular weight is 195 g/mol. The molecule has 0 aliphatic rings. The van der Waals surface area contributed by atoms with Crippen LogP contribution in [0.15, 0.2) is 34.2 Å². The number of benzene rings is 1. The summed E-state index contributed by atoms with van der Waals surface area (Å²) in [7, 11) is 0. The van der Waals surface area contributed by atoms with Crippen LogP contribution in [0.5, 0.6) is 0 Å². The number of hydrogen-bond donors (Lipinski definition) is 0. The SMILES string of the molecule is CC.CC=Nc1ccccc1SC. The van der Waals surface area contributed by atoms with E-state index in [4.69, 9.17) is 0 Å². The van der Waals surface area contributed by atoms with E-state index in [1.54, 1.807) is 11.8 Å². The molecule has 0 saturated carbocycles. The van der Waals surface area contributed by atoms with E-state index in [1.807, 2.05) is 45.2 Å². The molecule has 0 spiro atoms. The van der Waals surface area contributed by atoms with Crippen molar-refractivity contribution >= 4 is 23.7 Å². The fourth-order valence-corrected chi connectivity index (χ4v) is 1.42. The minimum absolute atomic E-state index is 1.06. The molecule has 1 rings (SSSR count). The van der Waals surface area contributed by atoms with Crippen molar-refractivity contribution in [3.8, 4) is 0 Å². The van der Waals surface area contributed by atoms with E-state index in [0.717, 1.165) is 5.69 Å². The molecule has 0 unspecified atom stereocenters. The molecule has 0 aromatic heterocycles. The molecule has 0 amide bonds. The summed E-state index contributed by atoms with van der Waals surface area (Å²) in [6.45, 7) is 5.93. The molecule has 0 aliphatic heterocycles. The number of hydrogen-bond acceptors (Lipinski definition) is 2. The highest BCUT2D eigenvalue weighted by molar-refractivity contribution is 7.98. The Hall–Kier alpha value is -0.760. The predicted molar refractivity (Wildman–Crippen MR) is 63.4 cm³/mol. The third-order valence-corrected chi connectivity index (χ3v) is 2.14. The van der Waals surface area contributed by atoms with Crippen LogP contribution in [0.3, 0.4) is 0 Å². The Morgan fingerprint density at radius 3 is 2.38 bits per heavy atom. The minimum atomic E-state index is 1.06. The first-order valence-electron chi connectivity index (χ1n) is 4.50. The lowest BCUT2D eigenvalue weighted by Gasteiger charge is -1.99. The van der Waals surface area contributed by atoms with Gasteiger partial charge >= 0.3 is 0 Å². The number of rotatable bonds is 2. The first kappa shape index (κ1) is 12.2. The Labute approximate surface area is 85.3 Å². The van der Waals surface area contributed by atoms with Gasteiger partial charge in [-0.3, -0.25) is 4.99 Å². The van der Waals surface area contributed by atoms with Gasteiger partial charge in [0, 0.05) is 11.1 Å². The van der Waals surface area contributed by atoms with Crippen LogP contribution in [-0.2, 0) is 0 Å². The molecule has 1 aromatic rings. The lowest BCUT2D eigenvalue weighted by atomic mass is 10.3. The van der Waals surface area contributed by atoms with Crippen molar-refractivity contribution in [1.29, 1.82) is 0 Å². The van der Waals surface area contributed by atoms with Crippen molar-refractivity contribution in [3.63, 3.8) is 0 Å². The highest BCUT2D eigenvalue weighted by Gasteiger charge is 1.94. The van der Waals surface area contributed by atoms with E-state index < -0.39 is 0 Å². The third-order valence-electron chi connectivity index (χ3n) is 1.35. The van der Waals surface area contributed by atoms with Crippen molar-refractivity contribution in [1.82, 2.24) is 0 Å². The van der Waals surface area contributed by atoms with Gasteiger partial charge in [0.25, 0.3) is 0 Å². The maximum atomic E-state index is 4.23. The fourth-order valence-electron chi connectivity index (χ4n) is 0.876.